The normalized spacial score (nSPS) is 22.8. The number of rotatable bonds is 3. The van der Waals surface area contributed by atoms with Crippen molar-refractivity contribution in [3.63, 3.8) is 0 Å². The van der Waals surface area contributed by atoms with Gasteiger partial charge < -0.3 is 10.1 Å². The third-order valence-corrected chi connectivity index (χ3v) is 4.04. The maximum atomic E-state index is 12.1. The first-order valence-electron chi connectivity index (χ1n) is 6.31. The van der Waals surface area contributed by atoms with Gasteiger partial charge in [-0.15, -0.1) is 0 Å². The Morgan fingerprint density at radius 3 is 2.53 bits per heavy atom. The lowest BCUT2D eigenvalue weighted by molar-refractivity contribution is -0.111. The molecule has 5 heteroatoms. The molecule has 0 bridgehead atoms. The molecule has 0 aliphatic heterocycles. The van der Waals surface area contributed by atoms with Crippen LogP contribution in [-0.2, 0) is 4.79 Å². The predicted molar refractivity (Wildman–Crippen MR) is 75.7 cm³/mol. The van der Waals surface area contributed by atoms with Crippen molar-refractivity contribution >= 4 is 35.4 Å². The number of hydrogen-bond donors (Lipinski definition) is 1. The molecule has 0 heterocycles. The Labute approximate surface area is 122 Å². The van der Waals surface area contributed by atoms with Gasteiger partial charge in [0.1, 0.15) is 6.29 Å². The summed E-state index contributed by atoms with van der Waals surface area (Å²) in [4.78, 5) is 22.8. The van der Waals surface area contributed by atoms with Crippen molar-refractivity contribution in [1.29, 1.82) is 0 Å². The first-order valence-corrected chi connectivity index (χ1v) is 7.07. The number of halogens is 2. The van der Waals surface area contributed by atoms with Crippen LogP contribution < -0.4 is 5.32 Å². The fourth-order valence-corrected chi connectivity index (χ4v) is 2.71. The molecule has 1 saturated carbocycles. The van der Waals surface area contributed by atoms with Crippen LogP contribution >= 0.6 is 23.2 Å². The molecular weight excluding hydrogens is 285 g/mol. The van der Waals surface area contributed by atoms with Crippen LogP contribution in [0.4, 0.5) is 0 Å². The van der Waals surface area contributed by atoms with E-state index in [9.17, 15) is 9.59 Å². The summed E-state index contributed by atoms with van der Waals surface area (Å²) in [6.07, 6.45) is 4.32. The second-order valence-electron chi connectivity index (χ2n) is 4.85. The molecule has 2 rings (SSSR count). The summed E-state index contributed by atoms with van der Waals surface area (Å²) >= 11 is 11.9. The number of aldehydes is 1. The molecule has 0 radical (unpaired) electrons. The first-order chi connectivity index (χ1) is 9.10. The Morgan fingerprint density at radius 1 is 1.21 bits per heavy atom. The monoisotopic (exact) mass is 299 g/mol. The Bertz CT molecular complexity index is 482. The van der Waals surface area contributed by atoms with Crippen LogP contribution in [0.15, 0.2) is 18.2 Å². The Kier molecular flexibility index (Phi) is 4.83. The van der Waals surface area contributed by atoms with Gasteiger partial charge in [-0.05, 0) is 43.9 Å². The van der Waals surface area contributed by atoms with Crippen molar-refractivity contribution in [2.75, 3.05) is 0 Å². The zero-order valence-corrected chi connectivity index (χ0v) is 11.9. The third-order valence-electron chi connectivity index (χ3n) is 3.47. The van der Waals surface area contributed by atoms with Crippen molar-refractivity contribution in [2.24, 2.45) is 5.92 Å². The Morgan fingerprint density at radius 2 is 1.89 bits per heavy atom. The van der Waals surface area contributed by atoms with E-state index in [2.05, 4.69) is 5.32 Å². The van der Waals surface area contributed by atoms with E-state index in [4.69, 9.17) is 23.2 Å². The van der Waals surface area contributed by atoms with Crippen molar-refractivity contribution < 1.29 is 9.59 Å². The quantitative estimate of drug-likeness (QED) is 0.869. The van der Waals surface area contributed by atoms with E-state index in [0.717, 1.165) is 32.0 Å². The molecule has 0 saturated heterocycles. The first kappa shape index (κ1) is 14.4. The molecule has 0 atom stereocenters. The van der Waals surface area contributed by atoms with Gasteiger partial charge in [-0.25, -0.2) is 0 Å². The molecule has 0 spiro atoms. The standard InChI is InChI=1S/C14H15Cl2NO2/c15-10-3-6-13(16)12(7-10)14(19)17-11-4-1-9(8-18)2-5-11/h3,6-9,11H,1-2,4-5H2,(H,17,19). The maximum absolute atomic E-state index is 12.1. The fourth-order valence-electron chi connectivity index (χ4n) is 2.33. The van der Waals surface area contributed by atoms with Gasteiger partial charge in [0.05, 0.1) is 10.6 Å². The molecule has 0 unspecified atom stereocenters. The highest BCUT2D eigenvalue weighted by molar-refractivity contribution is 6.35. The highest BCUT2D eigenvalue weighted by atomic mass is 35.5. The molecule has 1 fully saturated rings. The SMILES string of the molecule is O=CC1CCC(NC(=O)c2cc(Cl)ccc2Cl)CC1. The van der Waals surface area contributed by atoms with Crippen LogP contribution in [0.2, 0.25) is 10.0 Å². The molecule has 1 aromatic rings. The number of carbonyl (C=O) groups excluding carboxylic acids is 2. The number of hydrogen-bond acceptors (Lipinski definition) is 2. The van der Waals surface area contributed by atoms with E-state index in [1.165, 1.54) is 0 Å². The topological polar surface area (TPSA) is 46.2 Å². The van der Waals surface area contributed by atoms with Gasteiger partial charge in [0.15, 0.2) is 0 Å². The van der Waals surface area contributed by atoms with E-state index in [-0.39, 0.29) is 17.9 Å². The highest BCUT2D eigenvalue weighted by Crippen LogP contribution is 2.24. The van der Waals surface area contributed by atoms with E-state index in [0.29, 0.717) is 15.6 Å². The molecule has 1 amide bonds. The molecule has 19 heavy (non-hydrogen) atoms. The summed E-state index contributed by atoms with van der Waals surface area (Å²) in [5, 5.41) is 3.83. The van der Waals surface area contributed by atoms with Crippen molar-refractivity contribution in [3.05, 3.63) is 33.8 Å². The van der Waals surface area contributed by atoms with Gasteiger partial charge in [-0.3, -0.25) is 4.79 Å². The van der Waals surface area contributed by atoms with E-state index in [1.807, 2.05) is 0 Å². The molecular formula is C14H15Cl2NO2. The maximum Gasteiger partial charge on any atom is 0.253 e. The van der Waals surface area contributed by atoms with Crippen molar-refractivity contribution in [3.8, 4) is 0 Å². The second-order valence-corrected chi connectivity index (χ2v) is 5.69. The zero-order valence-electron chi connectivity index (χ0n) is 10.4. The van der Waals surface area contributed by atoms with Gasteiger partial charge in [-0.2, -0.15) is 0 Å². The van der Waals surface area contributed by atoms with Crippen LogP contribution in [0.25, 0.3) is 0 Å². The van der Waals surface area contributed by atoms with Crippen LogP contribution in [0.3, 0.4) is 0 Å². The molecule has 1 aromatic carbocycles. The zero-order chi connectivity index (χ0) is 13.8. The predicted octanol–water partition coefficient (Wildman–Crippen LogP) is 3.48. The number of nitrogens with one attached hydrogen (secondary N) is 1. The Hall–Kier alpha value is -1.06. The van der Waals surface area contributed by atoms with Gasteiger partial charge >= 0.3 is 0 Å². The lowest BCUT2D eigenvalue weighted by Gasteiger charge is -2.26. The molecule has 102 valence electrons. The number of amides is 1. The lowest BCUT2D eigenvalue weighted by atomic mass is 9.87. The highest BCUT2D eigenvalue weighted by Gasteiger charge is 2.23. The van der Waals surface area contributed by atoms with E-state index < -0.39 is 0 Å². The smallest absolute Gasteiger partial charge is 0.253 e. The average Bonchev–Trinajstić information content (AvgIpc) is 2.42. The summed E-state index contributed by atoms with van der Waals surface area (Å²) in [7, 11) is 0. The minimum Gasteiger partial charge on any atom is -0.349 e. The van der Waals surface area contributed by atoms with Crippen molar-refractivity contribution in [2.45, 2.75) is 31.7 Å². The molecule has 1 aliphatic carbocycles. The van der Waals surface area contributed by atoms with Crippen molar-refractivity contribution in [1.82, 2.24) is 5.32 Å². The number of benzene rings is 1. The van der Waals surface area contributed by atoms with Crippen LogP contribution in [-0.4, -0.2) is 18.2 Å². The lowest BCUT2D eigenvalue weighted by Crippen LogP contribution is -2.37. The summed E-state index contributed by atoms with van der Waals surface area (Å²) in [6, 6.07) is 4.94. The van der Waals surface area contributed by atoms with Gasteiger partial charge in [0.25, 0.3) is 5.91 Å². The van der Waals surface area contributed by atoms with E-state index in [1.54, 1.807) is 18.2 Å². The summed E-state index contributed by atoms with van der Waals surface area (Å²) in [5.41, 5.74) is 0.395. The molecule has 1 aliphatic rings. The van der Waals surface area contributed by atoms with Gasteiger partial charge in [0, 0.05) is 17.0 Å². The summed E-state index contributed by atoms with van der Waals surface area (Å²) < 4.78 is 0. The Balaban J connectivity index is 1.98. The number of carbonyl (C=O) groups is 2. The third kappa shape index (κ3) is 3.71. The largest absolute Gasteiger partial charge is 0.349 e. The fraction of sp³-hybridized carbons (Fsp3) is 0.429. The minimum absolute atomic E-state index is 0.110. The summed E-state index contributed by atoms with van der Waals surface area (Å²) in [6.45, 7) is 0. The molecule has 0 aromatic heterocycles. The van der Waals surface area contributed by atoms with Gasteiger partial charge in [0.2, 0.25) is 0 Å². The van der Waals surface area contributed by atoms with Crippen LogP contribution in [0, 0.1) is 5.92 Å². The average molecular weight is 300 g/mol. The summed E-state index contributed by atoms with van der Waals surface area (Å²) in [5.74, 6) is -0.0648. The minimum atomic E-state index is -0.206. The van der Waals surface area contributed by atoms with Crippen LogP contribution in [0.1, 0.15) is 36.0 Å². The van der Waals surface area contributed by atoms with Crippen LogP contribution in [0.5, 0.6) is 0 Å². The second kappa shape index (κ2) is 6.40. The van der Waals surface area contributed by atoms with E-state index >= 15 is 0 Å². The molecule has 1 N–H and O–H groups in total. The van der Waals surface area contributed by atoms with Gasteiger partial charge in [-0.1, -0.05) is 23.2 Å². The molecule has 3 nitrogen and oxygen atoms in total.